The number of H-pyrrole nitrogens is 1. The molecular formula is C32H35N5O4. The quantitative estimate of drug-likeness (QED) is 0.237. The highest BCUT2D eigenvalue weighted by Gasteiger charge is 2.48. The number of aliphatic hydroxyl groups is 1. The van der Waals surface area contributed by atoms with Gasteiger partial charge in [-0.2, -0.15) is 5.21 Å². The molecule has 1 aliphatic rings. The zero-order valence-corrected chi connectivity index (χ0v) is 23.2. The molecule has 1 heterocycles. The first-order valence-electron chi connectivity index (χ1n) is 14.2. The Morgan fingerprint density at radius 2 is 1.66 bits per heavy atom. The van der Waals surface area contributed by atoms with E-state index in [0.29, 0.717) is 31.5 Å². The van der Waals surface area contributed by atoms with E-state index in [4.69, 9.17) is 0 Å². The summed E-state index contributed by atoms with van der Waals surface area (Å²) in [5.41, 5.74) is 4.34. The lowest BCUT2D eigenvalue weighted by molar-refractivity contribution is -0.164. The number of aliphatic hydroxyl groups excluding tert-OH is 1. The summed E-state index contributed by atoms with van der Waals surface area (Å²) < 4.78 is 0. The number of carboxylic acids is 1. The lowest BCUT2D eigenvalue weighted by Gasteiger charge is -2.44. The van der Waals surface area contributed by atoms with Crippen LogP contribution in [0, 0.1) is 0 Å². The van der Waals surface area contributed by atoms with Crippen molar-refractivity contribution in [2.75, 3.05) is 0 Å². The average molecular weight is 554 g/mol. The number of carbonyl (C=O) groups is 2. The summed E-state index contributed by atoms with van der Waals surface area (Å²) in [7, 11) is 0. The summed E-state index contributed by atoms with van der Waals surface area (Å²) in [5, 5.41) is 35.1. The first-order valence-corrected chi connectivity index (χ1v) is 14.2. The number of aromatic amines is 1. The molecule has 9 nitrogen and oxygen atoms in total. The molecule has 1 aliphatic carbocycles. The van der Waals surface area contributed by atoms with Crippen molar-refractivity contribution in [3.8, 4) is 33.6 Å². The van der Waals surface area contributed by atoms with Crippen LogP contribution in [0.15, 0.2) is 72.8 Å². The molecule has 0 unspecified atom stereocenters. The average Bonchev–Trinajstić information content (AvgIpc) is 3.55. The highest BCUT2D eigenvalue weighted by Crippen LogP contribution is 2.37. The van der Waals surface area contributed by atoms with Crippen molar-refractivity contribution in [3.05, 3.63) is 78.4 Å². The number of hydrogen-bond acceptors (Lipinski definition) is 6. The second kappa shape index (κ2) is 12.4. The van der Waals surface area contributed by atoms with Crippen LogP contribution in [0.1, 0.15) is 57.4 Å². The Morgan fingerprint density at radius 3 is 2.29 bits per heavy atom. The van der Waals surface area contributed by atoms with Crippen molar-refractivity contribution in [1.29, 1.82) is 0 Å². The highest BCUT2D eigenvalue weighted by molar-refractivity contribution is 5.88. The van der Waals surface area contributed by atoms with E-state index in [2.05, 4.69) is 38.8 Å². The Bertz CT molecular complexity index is 1460. The molecule has 41 heavy (non-hydrogen) atoms. The van der Waals surface area contributed by atoms with E-state index >= 15 is 0 Å². The van der Waals surface area contributed by atoms with Crippen LogP contribution in [0.2, 0.25) is 0 Å². The van der Waals surface area contributed by atoms with Gasteiger partial charge >= 0.3 is 5.97 Å². The zero-order valence-electron chi connectivity index (χ0n) is 23.2. The molecular weight excluding hydrogens is 518 g/mol. The number of carboxylic acid groups (broad SMARTS) is 1. The van der Waals surface area contributed by atoms with E-state index < -0.39 is 17.6 Å². The maximum Gasteiger partial charge on any atom is 0.329 e. The fraction of sp³-hybridized carbons (Fsp3) is 0.344. The second-order valence-corrected chi connectivity index (χ2v) is 10.7. The molecule has 1 amide bonds. The van der Waals surface area contributed by atoms with Gasteiger partial charge in [-0.1, -0.05) is 74.0 Å². The Balaban J connectivity index is 1.48. The van der Waals surface area contributed by atoms with Crippen LogP contribution in [0.4, 0.5) is 0 Å². The van der Waals surface area contributed by atoms with E-state index in [1.807, 2.05) is 61.5 Å². The molecule has 1 fully saturated rings. The number of carbonyl (C=O) groups excluding carboxylic acids is 1. The number of hydrogen-bond donors (Lipinski definition) is 3. The first kappa shape index (κ1) is 28.2. The molecule has 4 aromatic rings. The van der Waals surface area contributed by atoms with Crippen LogP contribution in [-0.4, -0.2) is 59.3 Å². The van der Waals surface area contributed by atoms with Gasteiger partial charge in [-0.25, -0.2) is 4.79 Å². The topological polar surface area (TPSA) is 132 Å². The Labute approximate surface area is 239 Å². The predicted molar refractivity (Wildman–Crippen MR) is 155 cm³/mol. The smallest absolute Gasteiger partial charge is 0.329 e. The second-order valence-electron chi connectivity index (χ2n) is 10.7. The third-order valence-electron chi connectivity index (χ3n) is 8.06. The molecule has 0 spiro atoms. The number of aromatic nitrogens is 4. The van der Waals surface area contributed by atoms with Gasteiger partial charge < -0.3 is 15.1 Å². The Hall–Kier alpha value is -4.37. The van der Waals surface area contributed by atoms with Crippen molar-refractivity contribution in [2.45, 2.75) is 70.1 Å². The van der Waals surface area contributed by atoms with E-state index in [1.54, 1.807) is 4.90 Å². The molecule has 0 bridgehead atoms. The molecule has 212 valence electrons. The Morgan fingerprint density at radius 1 is 0.951 bits per heavy atom. The van der Waals surface area contributed by atoms with Crippen LogP contribution in [-0.2, 0) is 16.1 Å². The molecule has 9 heteroatoms. The molecule has 1 saturated carbocycles. The van der Waals surface area contributed by atoms with Gasteiger partial charge in [0.2, 0.25) is 11.7 Å². The lowest BCUT2D eigenvalue weighted by Crippen LogP contribution is -2.58. The van der Waals surface area contributed by atoms with Crippen molar-refractivity contribution in [3.63, 3.8) is 0 Å². The lowest BCUT2D eigenvalue weighted by atomic mass is 9.78. The molecule has 0 aliphatic heterocycles. The van der Waals surface area contributed by atoms with E-state index in [0.717, 1.165) is 39.8 Å². The van der Waals surface area contributed by atoms with Crippen molar-refractivity contribution >= 4 is 11.9 Å². The maximum absolute atomic E-state index is 13.4. The predicted octanol–water partition coefficient (Wildman–Crippen LogP) is 5.48. The number of rotatable bonds is 10. The minimum Gasteiger partial charge on any atom is -0.479 e. The fourth-order valence-corrected chi connectivity index (χ4v) is 5.66. The summed E-state index contributed by atoms with van der Waals surface area (Å²) >= 11 is 0. The van der Waals surface area contributed by atoms with Crippen molar-refractivity contribution < 1.29 is 19.8 Å². The molecule has 5 rings (SSSR count). The number of amides is 1. The van der Waals surface area contributed by atoms with Gasteiger partial charge in [0.05, 0.1) is 6.10 Å². The minimum atomic E-state index is -1.32. The van der Waals surface area contributed by atoms with Gasteiger partial charge in [0.15, 0.2) is 0 Å². The van der Waals surface area contributed by atoms with Gasteiger partial charge in [-0.3, -0.25) is 4.79 Å². The SMILES string of the molecule is CCCCC(=O)N(Cc1ccc(-c2cc(-c3ccccc3)ccc2-c2nn[nH]n2)cc1)[C@]1(C(=O)O)CC[C@H](O)CC1. The molecule has 3 aromatic carbocycles. The van der Waals surface area contributed by atoms with Crippen molar-refractivity contribution in [2.24, 2.45) is 0 Å². The molecule has 1 aromatic heterocycles. The highest BCUT2D eigenvalue weighted by atomic mass is 16.4. The maximum atomic E-state index is 13.4. The van der Waals surface area contributed by atoms with E-state index in [1.165, 1.54) is 0 Å². The largest absolute Gasteiger partial charge is 0.479 e. The van der Waals surface area contributed by atoms with Gasteiger partial charge in [-0.15, -0.1) is 10.2 Å². The number of benzene rings is 3. The Kier molecular flexibility index (Phi) is 8.54. The number of aliphatic carboxylic acids is 1. The van der Waals surface area contributed by atoms with E-state index in [-0.39, 0.29) is 25.3 Å². The van der Waals surface area contributed by atoms with Gasteiger partial charge in [0.1, 0.15) is 5.54 Å². The van der Waals surface area contributed by atoms with Crippen LogP contribution in [0.5, 0.6) is 0 Å². The molecule has 0 radical (unpaired) electrons. The summed E-state index contributed by atoms with van der Waals surface area (Å²) in [5.74, 6) is -0.683. The number of unbranched alkanes of at least 4 members (excludes halogenated alkanes) is 1. The summed E-state index contributed by atoms with van der Waals surface area (Å²) in [4.78, 5) is 27.6. The van der Waals surface area contributed by atoms with Crippen molar-refractivity contribution in [1.82, 2.24) is 25.5 Å². The van der Waals surface area contributed by atoms with E-state index in [9.17, 15) is 19.8 Å². The third kappa shape index (κ3) is 6.05. The fourth-order valence-electron chi connectivity index (χ4n) is 5.66. The monoisotopic (exact) mass is 553 g/mol. The summed E-state index contributed by atoms with van der Waals surface area (Å²) in [6, 6.07) is 24.1. The summed E-state index contributed by atoms with van der Waals surface area (Å²) in [6.45, 7) is 2.20. The normalized spacial score (nSPS) is 18.6. The number of tetrazole rings is 1. The third-order valence-corrected chi connectivity index (χ3v) is 8.06. The van der Waals surface area contributed by atoms with Gasteiger partial charge in [0.25, 0.3) is 0 Å². The van der Waals surface area contributed by atoms with Crippen LogP contribution < -0.4 is 0 Å². The van der Waals surface area contributed by atoms with Crippen LogP contribution in [0.3, 0.4) is 0 Å². The minimum absolute atomic E-state index is 0.162. The van der Waals surface area contributed by atoms with Crippen LogP contribution >= 0.6 is 0 Å². The van der Waals surface area contributed by atoms with Gasteiger partial charge in [0, 0.05) is 18.5 Å². The zero-order chi connectivity index (χ0) is 28.8. The molecule has 0 atom stereocenters. The van der Waals surface area contributed by atoms with Crippen LogP contribution in [0.25, 0.3) is 33.6 Å². The molecule has 3 N–H and O–H groups in total. The first-order chi connectivity index (χ1) is 19.9. The standard InChI is InChI=1S/C32H35N5O4/c1-2-3-9-29(39)37(32(31(40)41)18-16-26(38)17-19-32)21-22-10-12-24(13-11-22)28-20-25(23-7-5-4-6-8-23)14-15-27(28)30-33-35-36-34-30/h4-8,10-15,20,26,38H,2-3,9,16-19,21H2,1H3,(H,40,41)(H,33,34,35,36)/t26-,32+. The number of nitrogens with zero attached hydrogens (tertiary/aromatic N) is 4. The number of nitrogens with one attached hydrogen (secondary N) is 1. The molecule has 0 saturated heterocycles. The summed E-state index contributed by atoms with van der Waals surface area (Å²) in [6.07, 6.45) is 2.50. The van der Waals surface area contributed by atoms with Gasteiger partial charge in [-0.05, 0) is 77.3 Å².